The molecule has 1 aliphatic rings. The van der Waals surface area contributed by atoms with E-state index in [4.69, 9.17) is 5.11 Å². The SMILES string of the molecule is Cc1cc([N+](=O)[O-])ccc1N1CCC(CC(=O)O)CC1. The van der Waals surface area contributed by atoms with Crippen LogP contribution >= 0.6 is 0 Å². The molecule has 20 heavy (non-hydrogen) atoms. The van der Waals surface area contributed by atoms with Gasteiger partial charge < -0.3 is 10.0 Å². The minimum absolute atomic E-state index is 0.104. The first-order chi connectivity index (χ1) is 9.47. The molecule has 0 atom stereocenters. The van der Waals surface area contributed by atoms with Crippen molar-refractivity contribution in [2.24, 2.45) is 5.92 Å². The third-order valence-corrected chi connectivity index (χ3v) is 3.81. The van der Waals surface area contributed by atoms with Gasteiger partial charge in [0.1, 0.15) is 0 Å². The Bertz CT molecular complexity index is 522. The van der Waals surface area contributed by atoms with Crippen molar-refractivity contribution in [2.45, 2.75) is 26.2 Å². The number of hydrogen-bond donors (Lipinski definition) is 1. The standard InChI is InChI=1S/C14H18N2O4/c1-10-8-12(16(19)20)2-3-13(10)15-6-4-11(5-7-15)9-14(17)18/h2-3,8,11H,4-7,9H2,1H3,(H,17,18). The first-order valence-corrected chi connectivity index (χ1v) is 6.69. The topological polar surface area (TPSA) is 83.7 Å². The van der Waals surface area contributed by atoms with Crippen LogP contribution < -0.4 is 4.90 Å². The van der Waals surface area contributed by atoms with Crippen LogP contribution in [0, 0.1) is 23.0 Å². The van der Waals surface area contributed by atoms with Crippen LogP contribution in [0.5, 0.6) is 0 Å². The van der Waals surface area contributed by atoms with Gasteiger partial charge in [-0.1, -0.05) is 0 Å². The molecule has 1 aliphatic heterocycles. The second kappa shape index (κ2) is 5.90. The molecular weight excluding hydrogens is 260 g/mol. The largest absolute Gasteiger partial charge is 0.481 e. The minimum atomic E-state index is -0.741. The highest BCUT2D eigenvalue weighted by Gasteiger charge is 2.22. The molecule has 0 unspecified atom stereocenters. The number of carboxylic acids is 1. The molecule has 0 amide bonds. The van der Waals surface area contributed by atoms with Crippen LogP contribution in [-0.4, -0.2) is 29.1 Å². The van der Waals surface area contributed by atoms with Crippen LogP contribution in [0.1, 0.15) is 24.8 Å². The number of rotatable bonds is 4. The van der Waals surface area contributed by atoms with Gasteiger partial charge in [-0.2, -0.15) is 0 Å². The summed E-state index contributed by atoms with van der Waals surface area (Å²) in [4.78, 5) is 23.2. The summed E-state index contributed by atoms with van der Waals surface area (Å²) in [5.74, 6) is -0.503. The van der Waals surface area contributed by atoms with Gasteiger partial charge in [-0.15, -0.1) is 0 Å². The van der Waals surface area contributed by atoms with Crippen molar-refractivity contribution >= 4 is 17.3 Å². The number of nitrogens with zero attached hydrogens (tertiary/aromatic N) is 2. The van der Waals surface area contributed by atoms with Crippen molar-refractivity contribution in [2.75, 3.05) is 18.0 Å². The maximum absolute atomic E-state index is 10.7. The Morgan fingerprint density at radius 2 is 2.10 bits per heavy atom. The zero-order chi connectivity index (χ0) is 14.7. The van der Waals surface area contributed by atoms with Gasteiger partial charge in [-0.3, -0.25) is 14.9 Å². The third kappa shape index (κ3) is 3.26. The van der Waals surface area contributed by atoms with Crippen molar-refractivity contribution in [1.82, 2.24) is 0 Å². The van der Waals surface area contributed by atoms with Crippen molar-refractivity contribution in [3.8, 4) is 0 Å². The van der Waals surface area contributed by atoms with Crippen molar-refractivity contribution in [1.29, 1.82) is 0 Å². The molecule has 1 fully saturated rings. The van der Waals surface area contributed by atoms with Gasteiger partial charge in [0.15, 0.2) is 0 Å². The van der Waals surface area contributed by atoms with Crippen molar-refractivity contribution < 1.29 is 14.8 Å². The van der Waals surface area contributed by atoms with Crippen LogP contribution in [0.25, 0.3) is 0 Å². The molecule has 2 rings (SSSR count). The smallest absolute Gasteiger partial charge is 0.303 e. The molecule has 0 radical (unpaired) electrons. The Morgan fingerprint density at radius 3 is 2.60 bits per heavy atom. The van der Waals surface area contributed by atoms with E-state index < -0.39 is 10.9 Å². The summed E-state index contributed by atoms with van der Waals surface area (Å²) >= 11 is 0. The fourth-order valence-electron chi connectivity index (χ4n) is 2.73. The second-order valence-corrected chi connectivity index (χ2v) is 5.26. The highest BCUT2D eigenvalue weighted by Crippen LogP contribution is 2.29. The maximum Gasteiger partial charge on any atom is 0.303 e. The Balaban J connectivity index is 2.03. The van der Waals surface area contributed by atoms with E-state index in [0.29, 0.717) is 0 Å². The first kappa shape index (κ1) is 14.3. The quantitative estimate of drug-likeness (QED) is 0.676. The summed E-state index contributed by atoms with van der Waals surface area (Å²) in [6, 6.07) is 4.88. The van der Waals surface area contributed by atoms with E-state index in [9.17, 15) is 14.9 Å². The number of hydrogen-bond acceptors (Lipinski definition) is 4. The Kier molecular flexibility index (Phi) is 4.22. The summed E-state index contributed by atoms with van der Waals surface area (Å²) in [7, 11) is 0. The highest BCUT2D eigenvalue weighted by molar-refractivity contribution is 5.67. The Hall–Kier alpha value is -2.11. The average molecular weight is 278 g/mol. The lowest BCUT2D eigenvalue weighted by atomic mass is 9.93. The molecule has 0 spiro atoms. The second-order valence-electron chi connectivity index (χ2n) is 5.26. The van der Waals surface area contributed by atoms with Gasteiger partial charge in [0.25, 0.3) is 5.69 Å². The molecule has 1 N–H and O–H groups in total. The summed E-state index contributed by atoms with van der Waals surface area (Å²) < 4.78 is 0. The number of carboxylic acid groups (broad SMARTS) is 1. The van der Waals surface area contributed by atoms with Crippen LogP contribution in [0.2, 0.25) is 0 Å². The van der Waals surface area contributed by atoms with Crippen LogP contribution in [0.15, 0.2) is 18.2 Å². The lowest BCUT2D eigenvalue weighted by molar-refractivity contribution is -0.384. The van der Waals surface area contributed by atoms with E-state index >= 15 is 0 Å². The Labute approximate surface area is 117 Å². The van der Waals surface area contributed by atoms with Gasteiger partial charge >= 0.3 is 5.97 Å². The first-order valence-electron chi connectivity index (χ1n) is 6.69. The fraction of sp³-hybridized carbons (Fsp3) is 0.500. The minimum Gasteiger partial charge on any atom is -0.481 e. The summed E-state index contributed by atoms with van der Waals surface area (Å²) in [6.45, 7) is 3.47. The molecule has 1 aromatic rings. The summed E-state index contributed by atoms with van der Waals surface area (Å²) in [5, 5.41) is 19.5. The number of aryl methyl sites for hydroxylation is 1. The van der Waals surface area contributed by atoms with E-state index in [1.54, 1.807) is 12.1 Å². The van der Waals surface area contributed by atoms with Crippen LogP contribution in [0.3, 0.4) is 0 Å². The maximum atomic E-state index is 10.7. The van der Waals surface area contributed by atoms with Crippen LogP contribution in [-0.2, 0) is 4.79 Å². The van der Waals surface area contributed by atoms with Crippen LogP contribution in [0.4, 0.5) is 11.4 Å². The average Bonchev–Trinajstić information content (AvgIpc) is 2.39. The van der Waals surface area contributed by atoms with Crippen molar-refractivity contribution in [3.63, 3.8) is 0 Å². The number of non-ortho nitro benzene ring substituents is 1. The third-order valence-electron chi connectivity index (χ3n) is 3.81. The number of nitro groups is 1. The molecule has 1 heterocycles. The highest BCUT2D eigenvalue weighted by atomic mass is 16.6. The molecule has 0 aliphatic carbocycles. The molecule has 0 aromatic heterocycles. The van der Waals surface area contributed by atoms with Gasteiger partial charge in [-0.05, 0) is 37.3 Å². The van der Waals surface area contributed by atoms with Gasteiger partial charge in [0.2, 0.25) is 0 Å². The molecular formula is C14H18N2O4. The molecule has 0 bridgehead atoms. The van der Waals surface area contributed by atoms with Gasteiger partial charge in [0.05, 0.1) is 4.92 Å². The van der Waals surface area contributed by atoms with Crippen molar-refractivity contribution in [3.05, 3.63) is 33.9 Å². The molecule has 6 heteroatoms. The number of nitro benzene ring substituents is 1. The van der Waals surface area contributed by atoms with E-state index in [0.717, 1.165) is 37.2 Å². The predicted molar refractivity (Wildman–Crippen MR) is 75.0 cm³/mol. The summed E-state index contributed by atoms with van der Waals surface area (Å²) in [5.41, 5.74) is 1.99. The molecule has 6 nitrogen and oxygen atoms in total. The lowest BCUT2D eigenvalue weighted by Gasteiger charge is -2.34. The van der Waals surface area contributed by atoms with E-state index in [-0.39, 0.29) is 18.0 Å². The molecule has 0 saturated carbocycles. The number of carbonyl (C=O) groups is 1. The number of anilines is 1. The zero-order valence-electron chi connectivity index (χ0n) is 11.4. The van der Waals surface area contributed by atoms with E-state index in [1.807, 2.05) is 6.92 Å². The number of benzene rings is 1. The molecule has 1 aromatic carbocycles. The van der Waals surface area contributed by atoms with Gasteiger partial charge in [0, 0.05) is 37.3 Å². The molecule has 108 valence electrons. The van der Waals surface area contributed by atoms with E-state index in [1.165, 1.54) is 6.07 Å². The predicted octanol–water partition coefficient (Wildman–Crippen LogP) is 2.59. The molecule has 1 saturated heterocycles. The zero-order valence-corrected chi connectivity index (χ0v) is 11.4. The number of aliphatic carboxylic acids is 1. The van der Waals surface area contributed by atoms with Gasteiger partial charge in [-0.25, -0.2) is 0 Å². The monoisotopic (exact) mass is 278 g/mol. The fourth-order valence-corrected chi connectivity index (χ4v) is 2.73. The normalized spacial score (nSPS) is 16.1. The van der Waals surface area contributed by atoms with E-state index in [2.05, 4.69) is 4.90 Å². The Morgan fingerprint density at radius 1 is 1.45 bits per heavy atom. The lowest BCUT2D eigenvalue weighted by Crippen LogP contribution is -2.34. The summed E-state index contributed by atoms with van der Waals surface area (Å²) in [6.07, 6.45) is 1.93. The number of piperidine rings is 1.